The van der Waals surface area contributed by atoms with Crippen molar-refractivity contribution in [2.75, 3.05) is 6.61 Å². The summed E-state index contributed by atoms with van der Waals surface area (Å²) in [6.07, 6.45) is 7.14. The second-order valence-electron chi connectivity index (χ2n) is 5.99. The summed E-state index contributed by atoms with van der Waals surface area (Å²) >= 11 is 0. The zero-order valence-electron chi connectivity index (χ0n) is 15.2. The lowest BCUT2D eigenvalue weighted by Crippen LogP contribution is -2.22. The maximum Gasteiger partial charge on any atom is 0.354 e. The van der Waals surface area contributed by atoms with E-state index in [9.17, 15) is 9.36 Å². The minimum Gasteiger partial charge on any atom is -0.430 e. The third-order valence-electron chi connectivity index (χ3n) is 3.44. The molecule has 146 valence electrons. The number of ether oxygens (including phenoxy) is 1. The smallest absolute Gasteiger partial charge is 0.354 e. The van der Waals surface area contributed by atoms with Crippen LogP contribution in [0.5, 0.6) is 0 Å². The lowest BCUT2D eigenvalue weighted by Gasteiger charge is -2.18. The van der Waals surface area contributed by atoms with Crippen LogP contribution >= 0.6 is 7.60 Å². The first-order valence-electron chi connectivity index (χ1n) is 8.57. The fourth-order valence-corrected chi connectivity index (χ4v) is 2.10. The Balaban J connectivity index is 4.23. The van der Waals surface area contributed by atoms with Gasteiger partial charge in [0.25, 0.3) is 0 Å². The van der Waals surface area contributed by atoms with Crippen molar-refractivity contribution in [2.45, 2.75) is 71.5 Å². The van der Waals surface area contributed by atoms with Gasteiger partial charge in [0.15, 0.2) is 0 Å². The van der Waals surface area contributed by atoms with Gasteiger partial charge in [0.1, 0.15) is 6.61 Å². The highest BCUT2D eigenvalue weighted by Gasteiger charge is 2.21. The molecule has 0 saturated heterocycles. The molecule has 25 heavy (non-hydrogen) atoms. The molecule has 0 aromatic heterocycles. The van der Waals surface area contributed by atoms with Crippen molar-refractivity contribution in [3.63, 3.8) is 0 Å². The zero-order valence-corrected chi connectivity index (χ0v) is 16.1. The van der Waals surface area contributed by atoms with E-state index in [1.165, 1.54) is 32.6 Å². The fraction of sp³-hybridized carbons (Fsp3) is 0.706. The van der Waals surface area contributed by atoms with Crippen molar-refractivity contribution in [3.8, 4) is 0 Å². The summed E-state index contributed by atoms with van der Waals surface area (Å²) in [5.74, 6) is -0.606. The zero-order chi connectivity index (χ0) is 19.3. The molecule has 0 radical (unpaired) electrons. The van der Waals surface area contributed by atoms with Crippen molar-refractivity contribution >= 4 is 13.6 Å². The van der Waals surface area contributed by atoms with Gasteiger partial charge in [0, 0.05) is 12.0 Å². The van der Waals surface area contributed by atoms with Crippen molar-refractivity contribution in [3.05, 3.63) is 24.0 Å². The van der Waals surface area contributed by atoms with Crippen LogP contribution in [-0.4, -0.2) is 28.7 Å². The summed E-state index contributed by atoms with van der Waals surface area (Å²) in [7, 11) is -4.42. The first kappa shape index (κ1) is 24.0. The van der Waals surface area contributed by atoms with E-state index in [0.29, 0.717) is 6.42 Å². The molecule has 0 rings (SSSR count). The van der Waals surface area contributed by atoms with Gasteiger partial charge in [-0.3, -0.25) is 4.57 Å². The van der Waals surface area contributed by atoms with E-state index in [2.05, 4.69) is 20.1 Å². The molecule has 0 heterocycles. The average Bonchev–Trinajstić information content (AvgIpc) is 2.52. The molecule has 0 fully saturated rings. The van der Waals surface area contributed by atoms with Crippen LogP contribution in [0.15, 0.2) is 24.0 Å². The first-order valence-corrected chi connectivity index (χ1v) is 10.2. The number of hydrogen-bond acceptors (Lipinski definition) is 5. The maximum atomic E-state index is 11.6. The Morgan fingerprint density at radius 3 is 2.16 bits per heavy atom. The van der Waals surface area contributed by atoms with Crippen LogP contribution in [0.25, 0.3) is 0 Å². The standard InChI is InChI=1S/C17H31O7P/c1-5-6-7-8-9-10-11-12-16(23-17(18)14(2)3)24-22-13-15(4)25(19,20)21/h16H,2,4-13H2,1,3H3,(H2,19,20,21). The first-order chi connectivity index (χ1) is 11.7. The number of carbonyl (C=O) groups excluding carboxylic acids is 1. The fourth-order valence-electron chi connectivity index (χ4n) is 1.88. The summed E-state index contributed by atoms with van der Waals surface area (Å²) in [5.41, 5.74) is 0.229. The Hall–Kier alpha value is -0.980. The molecule has 1 atom stereocenters. The average molecular weight is 378 g/mol. The minimum atomic E-state index is -4.42. The Morgan fingerprint density at radius 2 is 1.64 bits per heavy atom. The Bertz CT molecular complexity index is 470. The van der Waals surface area contributed by atoms with E-state index < -0.39 is 31.8 Å². The summed E-state index contributed by atoms with van der Waals surface area (Å²) < 4.78 is 16.1. The molecule has 2 N–H and O–H groups in total. The summed E-state index contributed by atoms with van der Waals surface area (Å²) in [6, 6.07) is 0. The molecule has 0 aliphatic carbocycles. The monoisotopic (exact) mass is 378 g/mol. The number of hydrogen-bond donors (Lipinski definition) is 2. The second-order valence-corrected chi connectivity index (χ2v) is 7.71. The van der Waals surface area contributed by atoms with Crippen molar-refractivity contribution < 1.29 is 33.7 Å². The van der Waals surface area contributed by atoms with Crippen LogP contribution < -0.4 is 0 Å². The number of esters is 1. The van der Waals surface area contributed by atoms with Gasteiger partial charge in [-0.1, -0.05) is 58.6 Å². The minimum absolute atomic E-state index is 0.229. The van der Waals surface area contributed by atoms with Gasteiger partial charge < -0.3 is 14.5 Å². The summed E-state index contributed by atoms with van der Waals surface area (Å²) in [4.78, 5) is 39.2. The number of carbonyl (C=O) groups is 1. The van der Waals surface area contributed by atoms with Gasteiger partial charge >= 0.3 is 13.6 Å². The third-order valence-corrected chi connectivity index (χ3v) is 4.40. The lowest BCUT2D eigenvalue weighted by atomic mass is 10.1. The predicted molar refractivity (Wildman–Crippen MR) is 95.5 cm³/mol. The summed E-state index contributed by atoms with van der Waals surface area (Å²) in [5, 5.41) is -0.409. The van der Waals surface area contributed by atoms with E-state index >= 15 is 0 Å². The van der Waals surface area contributed by atoms with Crippen molar-refractivity contribution in [1.29, 1.82) is 0 Å². The molecule has 7 nitrogen and oxygen atoms in total. The topological polar surface area (TPSA) is 102 Å². The highest BCUT2D eigenvalue weighted by Crippen LogP contribution is 2.43. The van der Waals surface area contributed by atoms with Crippen LogP contribution in [-0.2, 0) is 23.9 Å². The Morgan fingerprint density at radius 1 is 1.08 bits per heavy atom. The molecule has 0 spiro atoms. The lowest BCUT2D eigenvalue weighted by molar-refractivity contribution is -0.366. The van der Waals surface area contributed by atoms with Gasteiger partial charge in [-0.15, -0.1) is 0 Å². The van der Waals surface area contributed by atoms with Crippen LogP contribution in [0, 0.1) is 0 Å². The molecule has 0 amide bonds. The van der Waals surface area contributed by atoms with Gasteiger partial charge in [0.2, 0.25) is 6.29 Å². The molecule has 0 aromatic rings. The third kappa shape index (κ3) is 13.0. The van der Waals surface area contributed by atoms with E-state index in [1.54, 1.807) is 0 Å². The molecule has 8 heteroatoms. The van der Waals surface area contributed by atoms with Crippen molar-refractivity contribution in [2.24, 2.45) is 0 Å². The highest BCUT2D eigenvalue weighted by atomic mass is 31.2. The van der Waals surface area contributed by atoms with Gasteiger partial charge in [0.05, 0.1) is 5.31 Å². The number of rotatable bonds is 15. The molecule has 0 aliphatic rings. The van der Waals surface area contributed by atoms with Crippen LogP contribution in [0.2, 0.25) is 0 Å². The summed E-state index contributed by atoms with van der Waals surface area (Å²) in [6.45, 7) is 9.93. The normalized spacial score (nSPS) is 12.6. The second kappa shape index (κ2) is 13.3. The van der Waals surface area contributed by atoms with Crippen LogP contribution in [0.3, 0.4) is 0 Å². The van der Waals surface area contributed by atoms with E-state index in [1.807, 2.05) is 0 Å². The predicted octanol–water partition coefficient (Wildman–Crippen LogP) is 4.21. The SMILES string of the molecule is C=C(C)C(=O)OC(CCCCCCCCC)OOCC(=C)P(=O)(O)O. The Kier molecular flexibility index (Phi) is 12.7. The van der Waals surface area contributed by atoms with Gasteiger partial charge in [-0.25, -0.2) is 9.68 Å². The quantitative estimate of drug-likeness (QED) is 0.0837. The van der Waals surface area contributed by atoms with Gasteiger partial charge in [-0.05, 0) is 13.3 Å². The Labute approximate surface area is 150 Å². The van der Waals surface area contributed by atoms with Crippen LogP contribution in [0.1, 0.15) is 65.2 Å². The number of unbranched alkanes of at least 4 members (excludes halogenated alkanes) is 6. The molecular weight excluding hydrogens is 347 g/mol. The van der Waals surface area contributed by atoms with Crippen LogP contribution in [0.4, 0.5) is 0 Å². The highest BCUT2D eigenvalue weighted by molar-refractivity contribution is 7.56. The largest absolute Gasteiger partial charge is 0.430 e. The molecule has 0 bridgehead atoms. The molecular formula is C17H31O7P. The molecule has 0 aliphatic heterocycles. The van der Waals surface area contributed by atoms with Crippen molar-refractivity contribution in [1.82, 2.24) is 0 Å². The molecule has 0 aromatic carbocycles. The van der Waals surface area contributed by atoms with E-state index in [0.717, 1.165) is 19.3 Å². The maximum absolute atomic E-state index is 11.6. The van der Waals surface area contributed by atoms with E-state index in [-0.39, 0.29) is 5.57 Å². The molecule has 0 saturated carbocycles. The van der Waals surface area contributed by atoms with E-state index in [4.69, 9.17) is 24.3 Å². The molecule has 1 unspecified atom stereocenters. The van der Waals surface area contributed by atoms with Gasteiger partial charge in [-0.2, -0.15) is 4.89 Å².